The van der Waals surface area contributed by atoms with Crippen molar-refractivity contribution in [1.82, 2.24) is 19.7 Å². The lowest BCUT2D eigenvalue weighted by Crippen LogP contribution is -2.14. The Morgan fingerprint density at radius 1 is 1.26 bits per heavy atom. The fraction of sp³-hybridized carbons (Fsp3) is 0.143. The molecule has 0 radical (unpaired) electrons. The normalized spacial score (nSPS) is 10.8. The van der Waals surface area contributed by atoms with Crippen molar-refractivity contribution in [2.75, 3.05) is 18.2 Å². The minimum atomic E-state index is -0.166. The van der Waals surface area contributed by atoms with Gasteiger partial charge in [-0.1, -0.05) is 29.4 Å². The van der Waals surface area contributed by atoms with Crippen LogP contribution in [0, 0.1) is 6.92 Å². The van der Waals surface area contributed by atoms with Crippen molar-refractivity contribution >= 4 is 45.7 Å². The molecule has 31 heavy (non-hydrogen) atoms. The number of amides is 1. The summed E-state index contributed by atoms with van der Waals surface area (Å²) in [5.41, 5.74) is 2.65. The Kier molecular flexibility index (Phi) is 6.55. The zero-order valence-electron chi connectivity index (χ0n) is 16.7. The first kappa shape index (κ1) is 21.4. The summed E-state index contributed by atoms with van der Waals surface area (Å²) in [4.78, 5) is 18.1. The van der Waals surface area contributed by atoms with Crippen LogP contribution >= 0.6 is 34.7 Å². The van der Waals surface area contributed by atoms with Gasteiger partial charge in [-0.05, 0) is 49.4 Å². The summed E-state index contributed by atoms with van der Waals surface area (Å²) in [6.45, 7) is 1.98. The monoisotopic (exact) mass is 471 g/mol. The number of aryl methyl sites for hydroxylation is 1. The molecule has 1 amide bonds. The number of benzene rings is 2. The third-order valence-electron chi connectivity index (χ3n) is 4.34. The maximum Gasteiger partial charge on any atom is 0.236 e. The number of halogens is 1. The topological polar surface area (TPSA) is 81.9 Å². The molecule has 2 aromatic carbocycles. The van der Waals surface area contributed by atoms with Gasteiger partial charge in [-0.25, -0.2) is 4.98 Å². The number of hydrogen-bond acceptors (Lipinski definition) is 7. The Balaban J connectivity index is 1.41. The number of aromatic nitrogens is 4. The molecule has 0 atom stereocenters. The number of nitrogens with zero attached hydrogens (tertiary/aromatic N) is 4. The van der Waals surface area contributed by atoms with E-state index in [4.69, 9.17) is 16.3 Å². The lowest BCUT2D eigenvalue weighted by Gasteiger charge is -2.06. The number of thioether (sulfide) groups is 1. The van der Waals surface area contributed by atoms with Crippen molar-refractivity contribution in [1.29, 1.82) is 0 Å². The molecule has 0 aliphatic carbocycles. The largest absolute Gasteiger partial charge is 0.497 e. The van der Waals surface area contributed by atoms with Crippen LogP contribution in [0.15, 0.2) is 60.0 Å². The van der Waals surface area contributed by atoms with Crippen LogP contribution in [-0.2, 0) is 4.79 Å². The maximum atomic E-state index is 12.5. The second-order valence-corrected chi connectivity index (χ2v) is 9.03. The Morgan fingerprint density at radius 3 is 2.81 bits per heavy atom. The summed E-state index contributed by atoms with van der Waals surface area (Å²) in [7, 11) is 1.63. The number of methoxy groups -OCH3 is 1. The first-order valence-corrected chi connectivity index (χ1v) is 11.4. The molecule has 0 aliphatic heterocycles. The highest BCUT2D eigenvalue weighted by atomic mass is 35.5. The van der Waals surface area contributed by atoms with Crippen LogP contribution < -0.4 is 10.1 Å². The highest BCUT2D eigenvalue weighted by molar-refractivity contribution is 7.99. The number of thiazole rings is 1. The van der Waals surface area contributed by atoms with Crippen LogP contribution in [0.25, 0.3) is 16.9 Å². The Bertz CT molecular complexity index is 1210. The molecule has 158 valence electrons. The van der Waals surface area contributed by atoms with Crippen molar-refractivity contribution in [3.05, 3.63) is 64.8 Å². The summed E-state index contributed by atoms with van der Waals surface area (Å²) in [6, 6.07) is 15.0. The van der Waals surface area contributed by atoms with E-state index in [0.717, 1.165) is 27.6 Å². The van der Waals surface area contributed by atoms with Gasteiger partial charge in [0, 0.05) is 15.5 Å². The van der Waals surface area contributed by atoms with Gasteiger partial charge in [0.25, 0.3) is 0 Å². The van der Waals surface area contributed by atoms with Crippen LogP contribution in [0.5, 0.6) is 5.75 Å². The molecule has 2 aromatic heterocycles. The second kappa shape index (κ2) is 9.51. The molecule has 10 heteroatoms. The van der Waals surface area contributed by atoms with Crippen LogP contribution in [0.3, 0.4) is 0 Å². The highest BCUT2D eigenvalue weighted by Gasteiger charge is 2.14. The van der Waals surface area contributed by atoms with Gasteiger partial charge in [0.1, 0.15) is 12.1 Å². The molecule has 2 heterocycles. The van der Waals surface area contributed by atoms with Gasteiger partial charge in [0.2, 0.25) is 5.91 Å². The van der Waals surface area contributed by atoms with Gasteiger partial charge in [0.15, 0.2) is 10.3 Å². The van der Waals surface area contributed by atoms with Crippen molar-refractivity contribution in [2.24, 2.45) is 0 Å². The first-order chi connectivity index (χ1) is 15.0. The van der Waals surface area contributed by atoms with E-state index in [0.29, 0.717) is 15.3 Å². The maximum absolute atomic E-state index is 12.5. The summed E-state index contributed by atoms with van der Waals surface area (Å²) in [5, 5.41) is 12.7. The predicted molar refractivity (Wildman–Crippen MR) is 125 cm³/mol. The molecule has 0 bridgehead atoms. The molecule has 7 nitrogen and oxygen atoms in total. The number of ether oxygens (including phenoxy) is 1. The highest BCUT2D eigenvalue weighted by Crippen LogP contribution is 2.31. The summed E-state index contributed by atoms with van der Waals surface area (Å²) in [6.07, 6.45) is 1.59. The Hall–Kier alpha value is -2.88. The lowest BCUT2D eigenvalue weighted by molar-refractivity contribution is -0.113. The zero-order chi connectivity index (χ0) is 21.8. The number of hydrogen-bond donors (Lipinski definition) is 1. The molecular formula is C21H18ClN5O2S2. The van der Waals surface area contributed by atoms with Crippen molar-refractivity contribution in [2.45, 2.75) is 12.1 Å². The fourth-order valence-corrected chi connectivity index (χ4v) is 4.64. The SMILES string of the molecule is COc1ccc(-c2nc(NC(=O)CSc3nncn3-c3cccc(Cl)c3)sc2C)cc1. The number of carbonyl (C=O) groups is 1. The van der Waals surface area contributed by atoms with Crippen LogP contribution in [0.1, 0.15) is 4.88 Å². The van der Waals surface area contributed by atoms with E-state index in [-0.39, 0.29) is 11.7 Å². The van der Waals surface area contributed by atoms with Crippen molar-refractivity contribution in [3.63, 3.8) is 0 Å². The minimum Gasteiger partial charge on any atom is -0.497 e. The van der Waals surface area contributed by atoms with E-state index in [1.165, 1.54) is 23.1 Å². The van der Waals surface area contributed by atoms with Crippen molar-refractivity contribution in [3.8, 4) is 22.7 Å². The smallest absolute Gasteiger partial charge is 0.236 e. The van der Waals surface area contributed by atoms with E-state index in [9.17, 15) is 4.79 Å². The third-order valence-corrected chi connectivity index (χ3v) is 6.41. The van der Waals surface area contributed by atoms with E-state index < -0.39 is 0 Å². The molecule has 0 saturated heterocycles. The first-order valence-electron chi connectivity index (χ1n) is 9.24. The van der Waals surface area contributed by atoms with Gasteiger partial charge in [-0.3, -0.25) is 9.36 Å². The average Bonchev–Trinajstić information content (AvgIpc) is 3.38. The summed E-state index contributed by atoms with van der Waals surface area (Å²) < 4.78 is 6.99. The predicted octanol–water partition coefficient (Wildman–Crippen LogP) is 5.09. The van der Waals surface area contributed by atoms with Crippen LogP contribution in [0.4, 0.5) is 5.13 Å². The van der Waals surface area contributed by atoms with Gasteiger partial charge in [0.05, 0.1) is 24.2 Å². The zero-order valence-corrected chi connectivity index (χ0v) is 19.1. The standard InChI is InChI=1S/C21H18ClN5O2S2/c1-13-19(14-6-8-17(29-2)9-7-14)25-20(31-13)24-18(28)11-30-21-26-23-12-27(21)16-5-3-4-15(22)10-16/h3-10,12H,11H2,1-2H3,(H,24,25,28). The van der Waals surface area contributed by atoms with E-state index in [1.807, 2.05) is 49.4 Å². The fourth-order valence-electron chi connectivity index (χ4n) is 2.88. The molecular weight excluding hydrogens is 454 g/mol. The summed E-state index contributed by atoms with van der Waals surface area (Å²) in [5.74, 6) is 0.795. The van der Waals surface area contributed by atoms with Gasteiger partial charge < -0.3 is 10.1 Å². The van der Waals surface area contributed by atoms with Gasteiger partial charge >= 0.3 is 0 Å². The Morgan fingerprint density at radius 2 is 2.06 bits per heavy atom. The second-order valence-electron chi connectivity index (χ2n) is 6.45. The molecule has 4 aromatic rings. The number of rotatable bonds is 7. The molecule has 0 unspecified atom stereocenters. The molecule has 0 saturated carbocycles. The van der Waals surface area contributed by atoms with E-state index in [2.05, 4.69) is 20.5 Å². The average molecular weight is 472 g/mol. The van der Waals surface area contributed by atoms with Crippen LogP contribution in [0.2, 0.25) is 5.02 Å². The van der Waals surface area contributed by atoms with Gasteiger partial charge in [-0.15, -0.1) is 21.5 Å². The molecule has 0 aliphatic rings. The molecule has 4 rings (SSSR count). The molecule has 0 fully saturated rings. The van der Waals surface area contributed by atoms with E-state index >= 15 is 0 Å². The third kappa shape index (κ3) is 5.07. The number of carbonyl (C=O) groups excluding carboxylic acids is 1. The van der Waals surface area contributed by atoms with E-state index in [1.54, 1.807) is 24.1 Å². The quantitative estimate of drug-likeness (QED) is 0.378. The number of nitrogens with one attached hydrogen (secondary N) is 1. The summed E-state index contributed by atoms with van der Waals surface area (Å²) >= 11 is 8.80. The molecule has 0 spiro atoms. The van der Waals surface area contributed by atoms with Crippen molar-refractivity contribution < 1.29 is 9.53 Å². The number of anilines is 1. The minimum absolute atomic E-state index is 0.166. The van der Waals surface area contributed by atoms with Gasteiger partial charge in [-0.2, -0.15) is 0 Å². The molecule has 1 N–H and O–H groups in total. The Labute approximate surface area is 192 Å². The lowest BCUT2D eigenvalue weighted by atomic mass is 10.1. The van der Waals surface area contributed by atoms with Crippen LogP contribution in [-0.4, -0.2) is 38.5 Å².